The maximum absolute atomic E-state index is 12.1. The number of nitrogens with one attached hydrogen (secondary N) is 2. The van der Waals surface area contributed by atoms with Gasteiger partial charge in [-0.05, 0) is 37.6 Å². The van der Waals surface area contributed by atoms with Crippen LogP contribution in [-0.2, 0) is 10.0 Å². The fourth-order valence-corrected chi connectivity index (χ4v) is 4.68. The van der Waals surface area contributed by atoms with Crippen molar-refractivity contribution in [3.05, 3.63) is 0 Å². The maximum atomic E-state index is 12.1. The van der Waals surface area contributed by atoms with E-state index in [1.54, 1.807) is 0 Å². The first-order chi connectivity index (χ1) is 9.08. The molecule has 5 heteroatoms. The van der Waals surface area contributed by atoms with E-state index in [4.69, 9.17) is 0 Å². The van der Waals surface area contributed by atoms with Crippen molar-refractivity contribution in [2.75, 3.05) is 19.6 Å². The normalized spacial score (nSPS) is 33.2. The van der Waals surface area contributed by atoms with E-state index in [0.717, 1.165) is 37.6 Å². The molecule has 1 saturated carbocycles. The summed E-state index contributed by atoms with van der Waals surface area (Å²) in [5.41, 5.74) is 0. The summed E-state index contributed by atoms with van der Waals surface area (Å²) in [6.07, 6.45) is 7.93. The summed E-state index contributed by atoms with van der Waals surface area (Å²) in [5.74, 6) is 1.59. The van der Waals surface area contributed by atoms with Crippen LogP contribution in [-0.4, -0.2) is 33.3 Å². The van der Waals surface area contributed by atoms with Crippen LogP contribution in [0.25, 0.3) is 0 Å². The van der Waals surface area contributed by atoms with E-state index in [1.165, 1.54) is 25.7 Å². The van der Waals surface area contributed by atoms with E-state index >= 15 is 0 Å². The third-order valence-corrected chi connectivity index (χ3v) is 6.57. The molecule has 1 aliphatic carbocycles. The Labute approximate surface area is 117 Å². The van der Waals surface area contributed by atoms with E-state index in [1.807, 2.05) is 0 Å². The molecular formula is C14H28N2O2S. The Hall–Kier alpha value is -0.130. The zero-order chi connectivity index (χ0) is 13.7. The Morgan fingerprint density at radius 2 is 1.89 bits per heavy atom. The van der Waals surface area contributed by atoms with Gasteiger partial charge in [0.1, 0.15) is 0 Å². The molecule has 0 aromatic heterocycles. The van der Waals surface area contributed by atoms with E-state index < -0.39 is 10.0 Å². The van der Waals surface area contributed by atoms with E-state index in [-0.39, 0.29) is 5.25 Å². The van der Waals surface area contributed by atoms with Gasteiger partial charge in [-0.2, -0.15) is 0 Å². The van der Waals surface area contributed by atoms with Crippen LogP contribution >= 0.6 is 0 Å². The zero-order valence-electron chi connectivity index (χ0n) is 12.0. The number of sulfonamides is 1. The minimum Gasteiger partial charge on any atom is -0.315 e. The molecule has 1 atom stereocenters. The lowest BCUT2D eigenvalue weighted by Crippen LogP contribution is -2.44. The standard InChI is InChI=1S/C14H28N2O2S/c1-12-4-6-13(7-5-12)8-10-16-19(17,18)14-3-2-9-15-11-14/h12-16H,2-11H2,1H3. The van der Waals surface area contributed by atoms with Crippen molar-refractivity contribution >= 4 is 10.0 Å². The van der Waals surface area contributed by atoms with Gasteiger partial charge in [0, 0.05) is 13.1 Å². The van der Waals surface area contributed by atoms with Crippen molar-refractivity contribution in [3.8, 4) is 0 Å². The monoisotopic (exact) mass is 288 g/mol. The van der Waals surface area contributed by atoms with Gasteiger partial charge in [0.15, 0.2) is 0 Å². The second-order valence-corrected chi connectivity index (χ2v) is 8.37. The minimum absolute atomic E-state index is 0.229. The fraction of sp³-hybridized carbons (Fsp3) is 1.00. The van der Waals surface area contributed by atoms with Crippen molar-refractivity contribution < 1.29 is 8.42 Å². The van der Waals surface area contributed by atoms with Crippen LogP contribution in [0.3, 0.4) is 0 Å². The number of rotatable bonds is 5. The molecule has 1 unspecified atom stereocenters. The first-order valence-electron chi connectivity index (χ1n) is 7.77. The van der Waals surface area contributed by atoms with Crippen LogP contribution < -0.4 is 10.0 Å². The maximum Gasteiger partial charge on any atom is 0.215 e. The topological polar surface area (TPSA) is 58.2 Å². The van der Waals surface area contributed by atoms with Crippen LogP contribution in [0.2, 0.25) is 0 Å². The van der Waals surface area contributed by atoms with Crippen LogP contribution in [0, 0.1) is 11.8 Å². The average Bonchev–Trinajstić information content (AvgIpc) is 2.42. The molecule has 2 fully saturated rings. The van der Waals surface area contributed by atoms with Gasteiger partial charge in [-0.3, -0.25) is 0 Å². The molecule has 1 heterocycles. The van der Waals surface area contributed by atoms with Gasteiger partial charge in [-0.1, -0.05) is 32.6 Å². The highest BCUT2D eigenvalue weighted by Crippen LogP contribution is 2.30. The zero-order valence-corrected chi connectivity index (χ0v) is 12.8. The molecule has 0 radical (unpaired) electrons. The van der Waals surface area contributed by atoms with Gasteiger partial charge in [-0.25, -0.2) is 13.1 Å². The molecule has 0 bridgehead atoms. The first kappa shape index (κ1) is 15.3. The molecule has 0 amide bonds. The predicted molar refractivity (Wildman–Crippen MR) is 78.6 cm³/mol. The molecule has 1 aliphatic heterocycles. The second kappa shape index (κ2) is 7.04. The lowest BCUT2D eigenvalue weighted by atomic mass is 9.81. The molecule has 1 saturated heterocycles. The van der Waals surface area contributed by atoms with Gasteiger partial charge in [0.25, 0.3) is 0 Å². The molecule has 2 rings (SSSR count). The van der Waals surface area contributed by atoms with Crippen LogP contribution in [0.5, 0.6) is 0 Å². The Bertz CT molecular complexity index is 356. The summed E-state index contributed by atoms with van der Waals surface area (Å²) in [6, 6.07) is 0. The first-order valence-corrected chi connectivity index (χ1v) is 9.32. The third kappa shape index (κ3) is 4.72. The molecule has 0 spiro atoms. The van der Waals surface area contributed by atoms with Gasteiger partial charge >= 0.3 is 0 Å². The predicted octanol–water partition coefficient (Wildman–Crippen LogP) is 1.87. The molecular weight excluding hydrogens is 260 g/mol. The lowest BCUT2D eigenvalue weighted by Gasteiger charge is -2.27. The lowest BCUT2D eigenvalue weighted by molar-refractivity contribution is 0.278. The van der Waals surface area contributed by atoms with Gasteiger partial charge in [-0.15, -0.1) is 0 Å². The molecule has 0 aromatic carbocycles. The van der Waals surface area contributed by atoms with Crippen molar-refractivity contribution in [1.82, 2.24) is 10.0 Å². The Balaban J connectivity index is 1.69. The molecule has 2 N–H and O–H groups in total. The SMILES string of the molecule is CC1CCC(CCNS(=O)(=O)C2CCCNC2)CC1. The second-order valence-electron chi connectivity index (χ2n) is 6.32. The van der Waals surface area contributed by atoms with Gasteiger partial charge < -0.3 is 5.32 Å². The molecule has 19 heavy (non-hydrogen) atoms. The van der Waals surface area contributed by atoms with E-state index in [0.29, 0.717) is 13.1 Å². The van der Waals surface area contributed by atoms with Gasteiger partial charge in [0.05, 0.1) is 5.25 Å². The minimum atomic E-state index is -3.11. The van der Waals surface area contributed by atoms with Crippen LogP contribution in [0.15, 0.2) is 0 Å². The molecule has 4 nitrogen and oxygen atoms in total. The largest absolute Gasteiger partial charge is 0.315 e. The summed E-state index contributed by atoms with van der Waals surface area (Å²) in [5, 5.41) is 2.94. The van der Waals surface area contributed by atoms with E-state index in [2.05, 4.69) is 17.0 Å². The van der Waals surface area contributed by atoms with Crippen LogP contribution in [0.4, 0.5) is 0 Å². The highest BCUT2D eigenvalue weighted by Gasteiger charge is 2.27. The van der Waals surface area contributed by atoms with Crippen LogP contribution in [0.1, 0.15) is 51.9 Å². The number of hydrogen-bond donors (Lipinski definition) is 2. The van der Waals surface area contributed by atoms with Crippen molar-refractivity contribution in [2.45, 2.75) is 57.1 Å². The quantitative estimate of drug-likeness (QED) is 0.812. The molecule has 0 aromatic rings. The Morgan fingerprint density at radius 3 is 2.53 bits per heavy atom. The van der Waals surface area contributed by atoms with Crippen molar-refractivity contribution in [1.29, 1.82) is 0 Å². The van der Waals surface area contributed by atoms with Gasteiger partial charge in [0.2, 0.25) is 10.0 Å². The summed E-state index contributed by atoms with van der Waals surface area (Å²) in [4.78, 5) is 0. The fourth-order valence-electron chi connectivity index (χ4n) is 3.23. The number of hydrogen-bond acceptors (Lipinski definition) is 3. The highest BCUT2D eigenvalue weighted by molar-refractivity contribution is 7.90. The van der Waals surface area contributed by atoms with Crippen molar-refractivity contribution in [2.24, 2.45) is 11.8 Å². The highest BCUT2D eigenvalue weighted by atomic mass is 32.2. The summed E-state index contributed by atoms with van der Waals surface area (Å²) >= 11 is 0. The number of piperidine rings is 1. The third-order valence-electron chi connectivity index (χ3n) is 4.68. The smallest absolute Gasteiger partial charge is 0.215 e. The summed E-state index contributed by atoms with van der Waals surface area (Å²) in [7, 11) is -3.11. The average molecular weight is 288 g/mol. The summed E-state index contributed by atoms with van der Waals surface area (Å²) < 4.78 is 27.1. The Kier molecular flexibility index (Phi) is 5.66. The molecule has 112 valence electrons. The molecule has 2 aliphatic rings. The Morgan fingerprint density at radius 1 is 1.16 bits per heavy atom. The summed E-state index contributed by atoms with van der Waals surface area (Å²) in [6.45, 7) is 4.50. The van der Waals surface area contributed by atoms with E-state index in [9.17, 15) is 8.42 Å². The van der Waals surface area contributed by atoms with Crippen molar-refractivity contribution in [3.63, 3.8) is 0 Å².